The van der Waals surface area contributed by atoms with Crippen LogP contribution in [0.25, 0.3) is 16.7 Å². The molecule has 2 N–H and O–H groups in total. The molecule has 2 heterocycles. The third kappa shape index (κ3) is 4.38. The number of carbonyl (C=O) groups is 2. The summed E-state index contributed by atoms with van der Waals surface area (Å²) >= 11 is 16.0. The molecule has 1 fully saturated rings. The Bertz CT molecular complexity index is 1490. The van der Waals surface area contributed by atoms with Crippen molar-refractivity contribution in [2.75, 3.05) is 6.54 Å². The standard InChI is InChI=1S/C27H19BrCl2N2O3/c28-17-7-5-15(6-8-17)25(33)23-24(20-10-9-18(29)13-21(20)30)32(27(35)26(23)34)12-11-16-14-31-22-4-2-1-3-19(16)22/h1-10,13-14,24,31,33H,11-12H2. The Morgan fingerprint density at radius 2 is 1.77 bits per heavy atom. The highest BCUT2D eigenvalue weighted by molar-refractivity contribution is 9.10. The Labute approximate surface area is 220 Å². The van der Waals surface area contributed by atoms with Crippen molar-refractivity contribution < 1.29 is 14.7 Å². The Kier molecular flexibility index (Phi) is 6.45. The van der Waals surface area contributed by atoms with Gasteiger partial charge in [0, 0.05) is 43.7 Å². The van der Waals surface area contributed by atoms with Crippen molar-refractivity contribution in [1.82, 2.24) is 9.88 Å². The van der Waals surface area contributed by atoms with E-state index in [0.29, 0.717) is 27.6 Å². The minimum atomic E-state index is -0.853. The summed E-state index contributed by atoms with van der Waals surface area (Å²) in [4.78, 5) is 31.2. The number of aliphatic hydroxyl groups is 1. The highest BCUT2D eigenvalue weighted by atomic mass is 79.9. The fourth-order valence-corrected chi connectivity index (χ4v) is 5.28. The number of Topliss-reactive ketones (excluding diaryl/α,β-unsaturated/α-hetero) is 1. The number of aliphatic hydroxyl groups excluding tert-OH is 1. The summed E-state index contributed by atoms with van der Waals surface area (Å²) in [5.41, 5.74) is 2.97. The van der Waals surface area contributed by atoms with Crippen molar-refractivity contribution in [2.24, 2.45) is 0 Å². The lowest BCUT2D eigenvalue weighted by Crippen LogP contribution is -2.31. The van der Waals surface area contributed by atoms with Gasteiger partial charge in [0.05, 0.1) is 11.6 Å². The molecule has 1 amide bonds. The smallest absolute Gasteiger partial charge is 0.295 e. The number of amides is 1. The van der Waals surface area contributed by atoms with E-state index in [1.165, 1.54) is 4.90 Å². The molecule has 1 atom stereocenters. The first kappa shape index (κ1) is 23.7. The van der Waals surface area contributed by atoms with Crippen LogP contribution in [0.3, 0.4) is 0 Å². The van der Waals surface area contributed by atoms with Gasteiger partial charge in [-0.05, 0) is 47.9 Å². The Balaban J connectivity index is 1.59. The molecule has 176 valence electrons. The number of para-hydroxylation sites is 1. The highest BCUT2D eigenvalue weighted by Gasteiger charge is 2.46. The molecule has 1 aromatic heterocycles. The van der Waals surface area contributed by atoms with Crippen molar-refractivity contribution in [3.63, 3.8) is 0 Å². The monoisotopic (exact) mass is 568 g/mol. The number of fused-ring (bicyclic) bond motifs is 1. The number of aromatic nitrogens is 1. The molecule has 0 aliphatic carbocycles. The normalized spacial score (nSPS) is 17.5. The Morgan fingerprint density at radius 3 is 2.51 bits per heavy atom. The lowest BCUT2D eigenvalue weighted by Gasteiger charge is -2.26. The molecule has 0 radical (unpaired) electrons. The zero-order valence-electron chi connectivity index (χ0n) is 18.3. The summed E-state index contributed by atoms with van der Waals surface area (Å²) in [5.74, 6) is -1.68. The van der Waals surface area contributed by atoms with Gasteiger partial charge < -0.3 is 15.0 Å². The summed E-state index contributed by atoms with van der Waals surface area (Å²) in [6, 6.07) is 18.8. The van der Waals surface area contributed by atoms with Gasteiger partial charge in [0.25, 0.3) is 11.7 Å². The molecule has 0 bridgehead atoms. The highest BCUT2D eigenvalue weighted by Crippen LogP contribution is 2.42. The molecule has 0 saturated carbocycles. The van der Waals surface area contributed by atoms with Crippen molar-refractivity contribution in [3.8, 4) is 0 Å². The fraction of sp³-hybridized carbons (Fsp3) is 0.111. The molecule has 0 spiro atoms. The summed E-state index contributed by atoms with van der Waals surface area (Å²) in [5, 5.41) is 13.0. The third-order valence-electron chi connectivity index (χ3n) is 6.21. The molecule has 8 heteroatoms. The Morgan fingerprint density at radius 1 is 1.03 bits per heavy atom. The van der Waals surface area contributed by atoms with E-state index >= 15 is 0 Å². The molecular formula is C27H19BrCl2N2O3. The van der Waals surface area contributed by atoms with Crippen molar-refractivity contribution in [1.29, 1.82) is 0 Å². The second-order valence-corrected chi connectivity index (χ2v) is 10.0. The van der Waals surface area contributed by atoms with Gasteiger partial charge >= 0.3 is 0 Å². The number of halogens is 3. The number of aromatic amines is 1. The van der Waals surface area contributed by atoms with Crippen LogP contribution in [0.4, 0.5) is 0 Å². The van der Waals surface area contributed by atoms with E-state index < -0.39 is 17.7 Å². The molecule has 3 aromatic carbocycles. The van der Waals surface area contributed by atoms with E-state index in [1.807, 2.05) is 30.5 Å². The lowest BCUT2D eigenvalue weighted by molar-refractivity contribution is -0.139. The maximum atomic E-state index is 13.2. The molecule has 5 nitrogen and oxygen atoms in total. The van der Waals surface area contributed by atoms with Gasteiger partial charge in [-0.15, -0.1) is 0 Å². The predicted octanol–water partition coefficient (Wildman–Crippen LogP) is 6.90. The van der Waals surface area contributed by atoms with Gasteiger partial charge in [0.2, 0.25) is 0 Å². The van der Waals surface area contributed by atoms with Crippen molar-refractivity contribution in [3.05, 3.63) is 110 Å². The molecule has 1 aliphatic rings. The van der Waals surface area contributed by atoms with E-state index in [4.69, 9.17) is 23.2 Å². The molecule has 1 saturated heterocycles. The number of nitrogens with zero attached hydrogens (tertiary/aromatic N) is 1. The number of rotatable bonds is 5. The molecule has 1 aliphatic heterocycles. The first-order chi connectivity index (χ1) is 16.8. The van der Waals surface area contributed by atoms with Crippen LogP contribution in [0.2, 0.25) is 10.0 Å². The van der Waals surface area contributed by atoms with Crippen LogP contribution in [0.15, 0.2) is 83.0 Å². The number of hydrogen-bond donors (Lipinski definition) is 2. The van der Waals surface area contributed by atoms with E-state index in [-0.39, 0.29) is 17.9 Å². The Hall–Kier alpha value is -3.06. The molecule has 1 unspecified atom stereocenters. The largest absolute Gasteiger partial charge is 0.507 e. The lowest BCUT2D eigenvalue weighted by atomic mass is 9.95. The van der Waals surface area contributed by atoms with Gasteiger partial charge in [0.15, 0.2) is 0 Å². The van der Waals surface area contributed by atoms with E-state index in [2.05, 4.69) is 20.9 Å². The van der Waals surface area contributed by atoms with Crippen LogP contribution in [0.1, 0.15) is 22.7 Å². The zero-order valence-corrected chi connectivity index (χ0v) is 21.4. The number of ketones is 1. The summed E-state index contributed by atoms with van der Waals surface area (Å²) in [7, 11) is 0. The topological polar surface area (TPSA) is 73.4 Å². The minimum Gasteiger partial charge on any atom is -0.507 e. The molecule has 4 aromatic rings. The van der Waals surface area contributed by atoms with Gasteiger partial charge in [-0.3, -0.25) is 9.59 Å². The first-order valence-corrected chi connectivity index (χ1v) is 12.4. The average molecular weight is 570 g/mol. The number of nitrogens with one attached hydrogen (secondary N) is 1. The van der Waals surface area contributed by atoms with Gasteiger partial charge in [-0.25, -0.2) is 0 Å². The van der Waals surface area contributed by atoms with E-state index in [1.54, 1.807) is 42.5 Å². The predicted molar refractivity (Wildman–Crippen MR) is 142 cm³/mol. The fourth-order valence-electron chi connectivity index (χ4n) is 4.50. The SMILES string of the molecule is O=C1C(=O)N(CCc2c[nH]c3ccccc23)C(c2ccc(Cl)cc2Cl)C1=C(O)c1ccc(Br)cc1. The van der Waals surface area contributed by atoms with Crippen LogP contribution < -0.4 is 0 Å². The maximum absolute atomic E-state index is 13.2. The van der Waals surface area contributed by atoms with Gasteiger partial charge in [-0.2, -0.15) is 0 Å². The number of likely N-dealkylation sites (tertiary alicyclic amines) is 1. The number of benzene rings is 3. The summed E-state index contributed by atoms with van der Waals surface area (Å²) in [6.07, 6.45) is 2.42. The quantitative estimate of drug-likeness (QED) is 0.156. The van der Waals surface area contributed by atoms with E-state index in [0.717, 1.165) is 20.9 Å². The van der Waals surface area contributed by atoms with Crippen molar-refractivity contribution >= 4 is 67.5 Å². The molecule has 5 rings (SSSR count). The first-order valence-electron chi connectivity index (χ1n) is 10.9. The van der Waals surface area contributed by atoms with Crippen molar-refractivity contribution in [2.45, 2.75) is 12.5 Å². The van der Waals surface area contributed by atoms with Gasteiger partial charge in [-0.1, -0.05) is 75.5 Å². The van der Waals surface area contributed by atoms with Crippen LogP contribution in [0, 0.1) is 0 Å². The van der Waals surface area contributed by atoms with E-state index in [9.17, 15) is 14.7 Å². The zero-order chi connectivity index (χ0) is 24.7. The van der Waals surface area contributed by atoms with Crippen LogP contribution in [-0.4, -0.2) is 33.2 Å². The molecular weight excluding hydrogens is 551 g/mol. The number of H-pyrrole nitrogens is 1. The third-order valence-corrected chi connectivity index (χ3v) is 7.30. The molecule has 35 heavy (non-hydrogen) atoms. The van der Waals surface area contributed by atoms with Crippen LogP contribution >= 0.6 is 39.1 Å². The minimum absolute atomic E-state index is 0.000437. The second-order valence-electron chi connectivity index (χ2n) is 8.27. The maximum Gasteiger partial charge on any atom is 0.295 e. The summed E-state index contributed by atoms with van der Waals surface area (Å²) in [6.45, 7) is 0.257. The van der Waals surface area contributed by atoms with Crippen LogP contribution in [0.5, 0.6) is 0 Å². The number of hydrogen-bond acceptors (Lipinski definition) is 3. The van der Waals surface area contributed by atoms with Gasteiger partial charge in [0.1, 0.15) is 5.76 Å². The number of carbonyl (C=O) groups excluding carboxylic acids is 2. The summed E-state index contributed by atoms with van der Waals surface area (Å²) < 4.78 is 0.825. The van der Waals surface area contributed by atoms with Crippen LogP contribution in [-0.2, 0) is 16.0 Å². The average Bonchev–Trinajstić information content (AvgIpc) is 3.36. The second kappa shape index (κ2) is 9.53.